The fourth-order valence-corrected chi connectivity index (χ4v) is 5.45. The number of hydrogen-bond acceptors (Lipinski definition) is 5. The van der Waals surface area contributed by atoms with Gasteiger partial charge in [0.2, 0.25) is 0 Å². The van der Waals surface area contributed by atoms with E-state index in [-0.39, 0.29) is 18.9 Å². The zero-order chi connectivity index (χ0) is 25.2. The molecule has 1 saturated carbocycles. The van der Waals surface area contributed by atoms with E-state index in [1.54, 1.807) is 41.5 Å². The van der Waals surface area contributed by atoms with Crippen LogP contribution in [0.1, 0.15) is 41.2 Å². The van der Waals surface area contributed by atoms with Crippen LogP contribution in [0.2, 0.25) is 0 Å². The highest BCUT2D eigenvalue weighted by molar-refractivity contribution is 7.15. The van der Waals surface area contributed by atoms with Crippen molar-refractivity contribution in [1.29, 1.82) is 0 Å². The first-order chi connectivity index (χ1) is 17.4. The number of ether oxygens (including phenoxy) is 2. The highest BCUT2D eigenvalue weighted by atomic mass is 32.1. The van der Waals surface area contributed by atoms with Crippen molar-refractivity contribution in [2.24, 2.45) is 5.92 Å². The molecule has 8 heteroatoms. The van der Waals surface area contributed by atoms with Gasteiger partial charge in [0.15, 0.2) is 0 Å². The van der Waals surface area contributed by atoms with Crippen molar-refractivity contribution in [1.82, 2.24) is 9.78 Å². The van der Waals surface area contributed by atoms with Crippen molar-refractivity contribution in [3.63, 3.8) is 0 Å². The number of carboxylic acid groups (broad SMARTS) is 1. The molecule has 2 heterocycles. The van der Waals surface area contributed by atoms with Crippen molar-refractivity contribution in [2.75, 3.05) is 7.11 Å². The highest BCUT2D eigenvalue weighted by Gasteiger charge is 2.33. The molecule has 0 amide bonds. The standard InChI is InChI=1S/C28H27FN2O4S/c1-17-6-11-26(36-17)28-20(15-30-31(28)25-13-21(34-2)9-10-24(25)29)16-35-22-5-3-4-19(12-22)23(14-27(32)33)18-7-8-18/h3-6,9-13,15,18,23H,7-8,14,16H2,1-2H3,(H,32,33)/t23-/m0/s1. The van der Waals surface area contributed by atoms with Gasteiger partial charge in [-0.2, -0.15) is 5.10 Å². The lowest BCUT2D eigenvalue weighted by Crippen LogP contribution is -2.08. The van der Waals surface area contributed by atoms with Gasteiger partial charge in [-0.3, -0.25) is 4.79 Å². The Kier molecular flexibility index (Phi) is 6.78. The fraction of sp³-hybridized carbons (Fsp3) is 0.286. The Morgan fingerprint density at radius 3 is 2.72 bits per heavy atom. The van der Waals surface area contributed by atoms with Crippen LogP contribution in [0.3, 0.4) is 0 Å². The third-order valence-corrected chi connectivity index (χ3v) is 7.47. The zero-order valence-corrected chi connectivity index (χ0v) is 20.9. The lowest BCUT2D eigenvalue weighted by molar-refractivity contribution is -0.137. The maximum absolute atomic E-state index is 14.8. The molecule has 0 radical (unpaired) electrons. The summed E-state index contributed by atoms with van der Waals surface area (Å²) in [6.45, 7) is 2.25. The average molecular weight is 507 g/mol. The van der Waals surface area contributed by atoms with E-state index in [4.69, 9.17) is 9.47 Å². The maximum atomic E-state index is 14.8. The van der Waals surface area contributed by atoms with E-state index < -0.39 is 11.8 Å². The van der Waals surface area contributed by atoms with Crippen molar-refractivity contribution in [2.45, 2.75) is 38.7 Å². The van der Waals surface area contributed by atoms with Gasteiger partial charge in [-0.15, -0.1) is 11.3 Å². The number of carbonyl (C=O) groups is 1. The number of aryl methyl sites for hydroxylation is 1. The Morgan fingerprint density at radius 2 is 2.03 bits per heavy atom. The van der Waals surface area contributed by atoms with Gasteiger partial charge in [-0.05, 0) is 73.6 Å². The van der Waals surface area contributed by atoms with Crippen molar-refractivity contribution < 1.29 is 23.8 Å². The maximum Gasteiger partial charge on any atom is 0.303 e. The molecule has 186 valence electrons. The van der Waals surface area contributed by atoms with Gasteiger partial charge in [0, 0.05) is 16.5 Å². The molecule has 1 atom stereocenters. The number of benzene rings is 2. The van der Waals surface area contributed by atoms with Crippen LogP contribution in [-0.2, 0) is 11.4 Å². The summed E-state index contributed by atoms with van der Waals surface area (Å²) < 4.78 is 27.9. The molecule has 0 aliphatic heterocycles. The molecular weight excluding hydrogens is 479 g/mol. The molecule has 5 rings (SSSR count). The Labute approximate surface area is 212 Å². The van der Waals surface area contributed by atoms with E-state index in [9.17, 15) is 14.3 Å². The van der Waals surface area contributed by atoms with E-state index in [0.717, 1.165) is 39.4 Å². The third kappa shape index (κ3) is 5.14. The van der Waals surface area contributed by atoms with Crippen LogP contribution >= 0.6 is 11.3 Å². The quantitative estimate of drug-likeness (QED) is 0.262. The minimum atomic E-state index is -0.786. The molecular formula is C28H27FN2O4S. The van der Waals surface area contributed by atoms with E-state index in [0.29, 0.717) is 23.1 Å². The second kappa shape index (κ2) is 10.1. The molecule has 2 aromatic carbocycles. The number of hydrogen-bond donors (Lipinski definition) is 1. The third-order valence-electron chi connectivity index (χ3n) is 6.47. The molecule has 1 aliphatic carbocycles. The monoisotopic (exact) mass is 506 g/mol. The van der Waals surface area contributed by atoms with E-state index in [1.807, 2.05) is 43.3 Å². The summed E-state index contributed by atoms with van der Waals surface area (Å²) in [6.07, 6.45) is 3.94. The van der Waals surface area contributed by atoms with E-state index >= 15 is 0 Å². The van der Waals surface area contributed by atoms with Crippen LogP contribution in [0.4, 0.5) is 4.39 Å². The Morgan fingerprint density at radius 1 is 1.19 bits per heavy atom. The van der Waals surface area contributed by atoms with Crippen molar-refractivity contribution in [3.05, 3.63) is 82.6 Å². The number of carboxylic acids is 1. The number of methoxy groups -OCH3 is 1. The van der Waals surface area contributed by atoms with Gasteiger partial charge in [0.25, 0.3) is 0 Å². The Balaban J connectivity index is 1.45. The van der Waals surface area contributed by atoms with Crippen molar-refractivity contribution >= 4 is 17.3 Å². The molecule has 36 heavy (non-hydrogen) atoms. The summed E-state index contributed by atoms with van der Waals surface area (Å²) in [7, 11) is 1.54. The van der Waals surface area contributed by atoms with Crippen molar-refractivity contribution in [3.8, 4) is 27.8 Å². The summed E-state index contributed by atoms with van der Waals surface area (Å²) in [5.74, 6) is 0.425. The molecule has 1 N–H and O–H groups in total. The van der Waals surface area contributed by atoms with Gasteiger partial charge in [0.05, 0.1) is 30.3 Å². The molecule has 6 nitrogen and oxygen atoms in total. The van der Waals surface area contributed by atoms with E-state index in [2.05, 4.69) is 5.10 Å². The Bertz CT molecular complexity index is 1390. The molecule has 0 saturated heterocycles. The highest BCUT2D eigenvalue weighted by Crippen LogP contribution is 2.45. The summed E-state index contributed by atoms with van der Waals surface area (Å²) in [4.78, 5) is 13.5. The number of nitrogens with zero attached hydrogens (tertiary/aromatic N) is 2. The first-order valence-electron chi connectivity index (χ1n) is 11.8. The molecule has 4 aromatic rings. The number of aliphatic carboxylic acids is 1. The van der Waals surface area contributed by atoms with Gasteiger partial charge in [0.1, 0.15) is 29.6 Å². The molecule has 2 aromatic heterocycles. The van der Waals surface area contributed by atoms with Crippen LogP contribution in [0.5, 0.6) is 11.5 Å². The van der Waals surface area contributed by atoms with Gasteiger partial charge >= 0.3 is 5.97 Å². The first kappa shape index (κ1) is 24.1. The second-order valence-corrected chi connectivity index (χ2v) is 10.3. The summed E-state index contributed by atoms with van der Waals surface area (Å²) in [5.41, 5.74) is 2.86. The SMILES string of the molecule is COc1ccc(F)c(-n2ncc(COc3cccc([C@@H](CC(=O)O)C4CC4)c3)c2-c2ccc(C)s2)c1. The summed E-state index contributed by atoms with van der Waals surface area (Å²) in [6, 6.07) is 16.3. The lowest BCUT2D eigenvalue weighted by Gasteiger charge is -2.16. The molecule has 0 unspecified atom stereocenters. The molecule has 0 spiro atoms. The minimum absolute atomic E-state index is 0.00510. The first-order valence-corrected chi connectivity index (χ1v) is 12.7. The normalized spacial score (nSPS) is 14.0. The second-order valence-electron chi connectivity index (χ2n) is 9.06. The van der Waals surface area contributed by atoms with Crippen LogP contribution in [0.15, 0.2) is 60.8 Å². The molecule has 0 bridgehead atoms. The molecule has 1 aliphatic rings. The number of aromatic nitrogens is 2. The smallest absolute Gasteiger partial charge is 0.303 e. The van der Waals surface area contributed by atoms with Gasteiger partial charge in [-0.1, -0.05) is 12.1 Å². The number of rotatable bonds is 10. The van der Waals surface area contributed by atoms with Crippen LogP contribution < -0.4 is 9.47 Å². The Hall–Kier alpha value is -3.65. The van der Waals surface area contributed by atoms with Crippen LogP contribution in [0, 0.1) is 18.7 Å². The van der Waals surface area contributed by atoms with E-state index in [1.165, 1.54) is 6.07 Å². The topological polar surface area (TPSA) is 73.6 Å². The number of halogens is 1. The van der Waals surface area contributed by atoms with Gasteiger partial charge in [-0.25, -0.2) is 9.07 Å². The fourth-order valence-electron chi connectivity index (χ4n) is 4.52. The van der Waals surface area contributed by atoms with Crippen LogP contribution in [0.25, 0.3) is 16.3 Å². The predicted octanol–water partition coefficient (Wildman–Crippen LogP) is 6.60. The minimum Gasteiger partial charge on any atom is -0.497 e. The average Bonchev–Trinajstić information content (AvgIpc) is 3.49. The summed E-state index contributed by atoms with van der Waals surface area (Å²) in [5, 5.41) is 13.9. The van der Waals surface area contributed by atoms with Crippen LogP contribution in [-0.4, -0.2) is 28.0 Å². The molecule has 1 fully saturated rings. The zero-order valence-electron chi connectivity index (χ0n) is 20.1. The lowest BCUT2D eigenvalue weighted by atomic mass is 9.91. The predicted molar refractivity (Wildman–Crippen MR) is 137 cm³/mol. The van der Waals surface area contributed by atoms with Gasteiger partial charge < -0.3 is 14.6 Å². The summed E-state index contributed by atoms with van der Waals surface area (Å²) >= 11 is 1.60. The largest absolute Gasteiger partial charge is 0.497 e. The number of thiophene rings is 1.